The van der Waals surface area contributed by atoms with E-state index < -0.39 is 20.2 Å². The van der Waals surface area contributed by atoms with Crippen LogP contribution < -0.4 is 4.74 Å². The summed E-state index contributed by atoms with van der Waals surface area (Å²) >= 11 is 3.59. The van der Waals surface area contributed by atoms with Crippen molar-refractivity contribution >= 4 is 41.7 Å². The largest absolute Gasteiger partial charge is 0.491 e. The van der Waals surface area contributed by atoms with E-state index in [1.165, 1.54) is 0 Å². The summed E-state index contributed by atoms with van der Waals surface area (Å²) in [4.78, 5) is 13.8. The van der Waals surface area contributed by atoms with Gasteiger partial charge in [-0.05, 0) is 68.3 Å². The van der Waals surface area contributed by atoms with E-state index in [9.17, 15) is 4.79 Å². The van der Waals surface area contributed by atoms with Crippen molar-refractivity contribution in [1.29, 1.82) is 0 Å². The predicted octanol–water partition coefficient (Wildman–Crippen LogP) is 7.12. The zero-order valence-corrected chi connectivity index (χ0v) is 28.1. The number of rotatable bonds is 6. The number of hydrogen-bond acceptors (Lipinski definition) is 5. The van der Waals surface area contributed by atoms with E-state index in [-0.39, 0.29) is 29.5 Å². The number of aryl methyl sites for hydroxylation is 1. The third-order valence-electron chi connectivity index (χ3n) is 8.10. The molecule has 1 aliphatic carbocycles. The molecule has 40 heavy (non-hydrogen) atoms. The minimum Gasteiger partial charge on any atom is -0.491 e. The van der Waals surface area contributed by atoms with E-state index >= 15 is 0 Å². The fourth-order valence-corrected chi connectivity index (χ4v) is 7.95. The van der Waals surface area contributed by atoms with Crippen LogP contribution in [0.15, 0.2) is 40.9 Å². The van der Waals surface area contributed by atoms with Crippen LogP contribution in [0.4, 0.5) is 0 Å². The zero-order chi connectivity index (χ0) is 29.4. The number of nitrogens with zero attached hydrogens (tertiary/aromatic N) is 1. The van der Waals surface area contributed by atoms with Crippen molar-refractivity contribution in [2.75, 3.05) is 6.61 Å². The standard InChI is InChI=1S/C32H42BrNO5Si/c1-30(2,3)29(39-40(9)10)27-24(37-32(6,7)38-27)17-36-19-12-14-20-22(16-19)31(4,5)28-25(26(20)35)21-13-11-18(33)15-23(21)34(28)8/h11-16,24,27,29,40H,17H2,1-10H3/t24-,27-,29?/m1/s1. The van der Waals surface area contributed by atoms with Crippen molar-refractivity contribution in [1.82, 2.24) is 4.57 Å². The van der Waals surface area contributed by atoms with Crippen molar-refractivity contribution in [2.45, 2.75) is 91.1 Å². The molecule has 3 atom stereocenters. The summed E-state index contributed by atoms with van der Waals surface area (Å²) in [5.74, 6) is 0.0399. The van der Waals surface area contributed by atoms with Gasteiger partial charge in [0, 0.05) is 39.1 Å². The van der Waals surface area contributed by atoms with E-state index in [4.69, 9.17) is 18.6 Å². The van der Waals surface area contributed by atoms with Crippen LogP contribution in [0.25, 0.3) is 10.9 Å². The maximum absolute atomic E-state index is 13.8. The molecule has 2 aliphatic rings. The number of carbonyl (C=O) groups excluding carboxylic acids is 1. The molecule has 8 heteroatoms. The Labute approximate surface area is 248 Å². The lowest BCUT2D eigenvalue weighted by atomic mass is 9.71. The van der Waals surface area contributed by atoms with Gasteiger partial charge >= 0.3 is 0 Å². The summed E-state index contributed by atoms with van der Waals surface area (Å²) < 4.78 is 28.8. The van der Waals surface area contributed by atoms with Gasteiger partial charge in [-0.25, -0.2) is 0 Å². The summed E-state index contributed by atoms with van der Waals surface area (Å²) in [6.45, 7) is 19.5. The molecule has 1 saturated heterocycles. The maximum atomic E-state index is 13.8. The van der Waals surface area contributed by atoms with Gasteiger partial charge in [0.15, 0.2) is 20.6 Å². The van der Waals surface area contributed by atoms with Gasteiger partial charge in [-0.15, -0.1) is 0 Å². The second kappa shape index (κ2) is 10.1. The fourth-order valence-electron chi connectivity index (χ4n) is 6.46. The molecule has 0 N–H and O–H groups in total. The van der Waals surface area contributed by atoms with Crippen molar-refractivity contribution in [2.24, 2.45) is 12.5 Å². The molecule has 216 valence electrons. The molecule has 0 saturated carbocycles. The maximum Gasteiger partial charge on any atom is 0.195 e. The predicted molar refractivity (Wildman–Crippen MR) is 165 cm³/mol. The number of benzene rings is 2. The minimum absolute atomic E-state index is 0.0566. The molecule has 0 spiro atoms. The molecule has 1 fully saturated rings. The van der Waals surface area contributed by atoms with Crippen molar-refractivity contribution in [3.63, 3.8) is 0 Å². The molecule has 0 radical (unpaired) electrons. The smallest absolute Gasteiger partial charge is 0.195 e. The van der Waals surface area contributed by atoms with Crippen LogP contribution in [-0.4, -0.2) is 50.1 Å². The Morgan fingerprint density at radius 2 is 1.77 bits per heavy atom. The lowest BCUT2D eigenvalue weighted by molar-refractivity contribution is -0.160. The molecule has 1 aromatic heterocycles. The first-order chi connectivity index (χ1) is 18.5. The van der Waals surface area contributed by atoms with E-state index in [0.29, 0.717) is 12.4 Å². The summed E-state index contributed by atoms with van der Waals surface area (Å²) in [6, 6.07) is 11.9. The molecule has 0 amide bonds. The monoisotopic (exact) mass is 627 g/mol. The molecule has 1 unspecified atom stereocenters. The first-order valence-corrected chi connectivity index (χ1v) is 17.7. The highest BCUT2D eigenvalue weighted by molar-refractivity contribution is 9.10. The molecular weight excluding hydrogens is 586 g/mol. The number of ketones is 1. The first kappa shape index (κ1) is 29.5. The lowest BCUT2D eigenvalue weighted by Crippen LogP contribution is -2.48. The number of ether oxygens (including phenoxy) is 3. The van der Waals surface area contributed by atoms with Gasteiger partial charge in [-0.1, -0.05) is 56.6 Å². The SMILES string of the molecule is Cn1c2c(c3ccc(Br)cc31)C(=O)c1ccc(OC[C@H]3OC(C)(C)O[C@H]3C(O[SiH](C)C)C(C)(C)C)cc1C2(C)C. The average Bonchev–Trinajstić information content (AvgIpc) is 3.32. The Balaban J connectivity index is 1.46. The van der Waals surface area contributed by atoms with Gasteiger partial charge in [-0.3, -0.25) is 4.79 Å². The van der Waals surface area contributed by atoms with Crippen LogP contribution in [-0.2, 0) is 26.4 Å². The highest BCUT2D eigenvalue weighted by Gasteiger charge is 2.49. The molecule has 2 heterocycles. The van der Waals surface area contributed by atoms with E-state index in [0.717, 1.165) is 37.8 Å². The van der Waals surface area contributed by atoms with Gasteiger partial charge in [0.1, 0.15) is 24.6 Å². The third-order valence-corrected chi connectivity index (χ3v) is 9.43. The van der Waals surface area contributed by atoms with Gasteiger partial charge < -0.3 is 23.2 Å². The molecule has 2 aromatic carbocycles. The van der Waals surface area contributed by atoms with Crippen LogP contribution in [0.1, 0.15) is 75.6 Å². The van der Waals surface area contributed by atoms with Crippen LogP contribution >= 0.6 is 15.9 Å². The number of carbonyl (C=O) groups is 1. The van der Waals surface area contributed by atoms with Crippen LogP contribution in [0.2, 0.25) is 13.1 Å². The normalized spacial score (nSPS) is 22.4. The number of fused-ring (bicyclic) bond motifs is 4. The van der Waals surface area contributed by atoms with Gasteiger partial charge in [0.25, 0.3) is 0 Å². The highest BCUT2D eigenvalue weighted by atomic mass is 79.9. The van der Waals surface area contributed by atoms with Crippen LogP contribution in [0.3, 0.4) is 0 Å². The van der Waals surface area contributed by atoms with Gasteiger partial charge in [0.05, 0.1) is 11.7 Å². The molecule has 3 aromatic rings. The van der Waals surface area contributed by atoms with Crippen LogP contribution in [0, 0.1) is 5.41 Å². The van der Waals surface area contributed by atoms with E-state index in [1.807, 2.05) is 51.2 Å². The molecule has 0 bridgehead atoms. The molecule has 6 nitrogen and oxygen atoms in total. The topological polar surface area (TPSA) is 58.9 Å². The van der Waals surface area contributed by atoms with Crippen molar-refractivity contribution in [3.8, 4) is 5.75 Å². The summed E-state index contributed by atoms with van der Waals surface area (Å²) in [7, 11) is 0.715. The highest BCUT2D eigenvalue weighted by Crippen LogP contribution is 2.46. The average molecular weight is 629 g/mol. The Bertz CT molecular complexity index is 1470. The van der Waals surface area contributed by atoms with Crippen LogP contribution in [0.5, 0.6) is 5.75 Å². The third kappa shape index (κ3) is 5.11. The minimum atomic E-state index is -1.33. The molecular formula is C32H42BrNO5Si. The Hall–Kier alpha value is -1.97. The van der Waals surface area contributed by atoms with Crippen molar-refractivity contribution < 1.29 is 23.4 Å². The Morgan fingerprint density at radius 1 is 1.07 bits per heavy atom. The molecule has 1 aliphatic heterocycles. The first-order valence-electron chi connectivity index (χ1n) is 14.1. The number of aromatic nitrogens is 1. The Kier molecular flexibility index (Phi) is 7.44. The second-order valence-electron chi connectivity index (χ2n) is 13.5. The number of hydrogen-bond donors (Lipinski definition) is 0. The quantitative estimate of drug-likeness (QED) is 0.272. The van der Waals surface area contributed by atoms with Gasteiger partial charge in [0.2, 0.25) is 0 Å². The number of halogens is 1. The lowest BCUT2D eigenvalue weighted by Gasteiger charge is -2.38. The van der Waals surface area contributed by atoms with Gasteiger partial charge in [-0.2, -0.15) is 0 Å². The second-order valence-corrected chi connectivity index (χ2v) is 16.8. The molecule has 5 rings (SSSR count). The van der Waals surface area contributed by atoms with Crippen molar-refractivity contribution in [3.05, 3.63) is 63.3 Å². The summed E-state index contributed by atoms with van der Waals surface area (Å²) in [6.07, 6.45) is -0.654. The fraction of sp³-hybridized carbons (Fsp3) is 0.531. The summed E-state index contributed by atoms with van der Waals surface area (Å²) in [5, 5.41) is 0.983. The Morgan fingerprint density at radius 3 is 2.42 bits per heavy atom. The van der Waals surface area contributed by atoms with E-state index in [1.54, 1.807) is 0 Å². The zero-order valence-electron chi connectivity index (χ0n) is 25.3. The van der Waals surface area contributed by atoms with E-state index in [2.05, 4.69) is 74.3 Å². The summed E-state index contributed by atoms with van der Waals surface area (Å²) in [5.41, 5.74) is 4.02.